The number of hydrogen-bond donors (Lipinski definition) is 0. The fourth-order valence-corrected chi connectivity index (χ4v) is 1.73. The molecule has 1 aromatic rings. The highest BCUT2D eigenvalue weighted by Gasteiger charge is 2.23. The summed E-state index contributed by atoms with van der Waals surface area (Å²) < 4.78 is 6.83. The summed E-state index contributed by atoms with van der Waals surface area (Å²) in [4.78, 5) is 11.8. The van der Waals surface area contributed by atoms with Gasteiger partial charge < -0.3 is 4.74 Å². The fourth-order valence-electron chi connectivity index (χ4n) is 1.73. The molecule has 1 aromatic heterocycles. The maximum absolute atomic E-state index is 11.8. The van der Waals surface area contributed by atoms with Gasteiger partial charge in [0.05, 0.1) is 12.3 Å². The summed E-state index contributed by atoms with van der Waals surface area (Å²) in [5.41, 5.74) is 3.15. The lowest BCUT2D eigenvalue weighted by atomic mass is 10.2. The van der Waals surface area contributed by atoms with E-state index in [-0.39, 0.29) is 12.0 Å². The molecule has 1 unspecified atom stereocenters. The Morgan fingerprint density at radius 3 is 2.38 bits per heavy atom. The third-order valence-corrected chi connectivity index (χ3v) is 2.93. The van der Waals surface area contributed by atoms with Crippen LogP contribution < -0.4 is 0 Å². The van der Waals surface area contributed by atoms with Gasteiger partial charge in [0.2, 0.25) is 0 Å². The van der Waals surface area contributed by atoms with Crippen molar-refractivity contribution in [3.8, 4) is 0 Å². The third-order valence-electron chi connectivity index (χ3n) is 2.93. The van der Waals surface area contributed by atoms with E-state index in [1.54, 1.807) is 4.68 Å². The van der Waals surface area contributed by atoms with Crippen molar-refractivity contribution in [2.75, 3.05) is 6.61 Å². The van der Waals surface area contributed by atoms with Gasteiger partial charge in [0.1, 0.15) is 6.04 Å². The number of esters is 1. The van der Waals surface area contributed by atoms with Gasteiger partial charge in [0, 0.05) is 5.69 Å². The standard InChI is InChI=1S/C12H20N2O2/c1-6-11(12(15)16-7-2)14-10(5)8(3)9(4)13-14/h11H,6-7H2,1-5H3. The predicted octanol–water partition coefficient (Wildman–Crippen LogP) is 2.32. The lowest BCUT2D eigenvalue weighted by Gasteiger charge is -2.15. The van der Waals surface area contributed by atoms with Crippen molar-refractivity contribution in [1.29, 1.82) is 0 Å². The average molecular weight is 224 g/mol. The molecule has 0 aliphatic rings. The monoisotopic (exact) mass is 224 g/mol. The normalized spacial score (nSPS) is 12.6. The smallest absolute Gasteiger partial charge is 0.330 e. The second kappa shape index (κ2) is 5.14. The molecule has 1 heterocycles. The topological polar surface area (TPSA) is 44.1 Å². The number of aromatic nitrogens is 2. The molecule has 4 heteroatoms. The highest BCUT2D eigenvalue weighted by Crippen LogP contribution is 2.19. The Labute approximate surface area is 96.6 Å². The average Bonchev–Trinajstić information content (AvgIpc) is 2.48. The van der Waals surface area contributed by atoms with Crippen LogP contribution in [0, 0.1) is 20.8 Å². The van der Waals surface area contributed by atoms with E-state index < -0.39 is 0 Å². The zero-order valence-corrected chi connectivity index (χ0v) is 10.7. The highest BCUT2D eigenvalue weighted by molar-refractivity contribution is 5.74. The van der Waals surface area contributed by atoms with Gasteiger partial charge in [-0.25, -0.2) is 4.79 Å². The second-order valence-electron chi connectivity index (χ2n) is 3.92. The van der Waals surface area contributed by atoms with Crippen molar-refractivity contribution in [2.24, 2.45) is 0 Å². The number of hydrogen-bond acceptors (Lipinski definition) is 3. The van der Waals surface area contributed by atoms with E-state index in [9.17, 15) is 4.79 Å². The molecule has 0 amide bonds. The fraction of sp³-hybridized carbons (Fsp3) is 0.667. The maximum atomic E-state index is 11.8. The van der Waals surface area contributed by atoms with Crippen LogP contribution in [0.3, 0.4) is 0 Å². The lowest BCUT2D eigenvalue weighted by molar-refractivity contribution is -0.147. The van der Waals surface area contributed by atoms with Gasteiger partial charge in [-0.15, -0.1) is 0 Å². The Balaban J connectivity index is 3.04. The summed E-state index contributed by atoms with van der Waals surface area (Å²) >= 11 is 0. The van der Waals surface area contributed by atoms with Gasteiger partial charge in [-0.1, -0.05) is 6.92 Å². The first kappa shape index (κ1) is 12.7. The first-order valence-corrected chi connectivity index (χ1v) is 5.71. The van der Waals surface area contributed by atoms with Gasteiger partial charge in [-0.05, 0) is 39.7 Å². The molecule has 0 saturated heterocycles. The second-order valence-corrected chi connectivity index (χ2v) is 3.92. The van der Waals surface area contributed by atoms with E-state index in [4.69, 9.17) is 4.74 Å². The van der Waals surface area contributed by atoms with Gasteiger partial charge in [-0.3, -0.25) is 4.68 Å². The summed E-state index contributed by atoms with van der Waals surface area (Å²) in [6.45, 7) is 10.2. The minimum Gasteiger partial charge on any atom is -0.464 e. The Morgan fingerprint density at radius 1 is 1.38 bits per heavy atom. The molecule has 1 rings (SSSR count). The van der Waals surface area contributed by atoms with Gasteiger partial charge in [0.25, 0.3) is 0 Å². The minimum absolute atomic E-state index is 0.199. The molecular weight excluding hydrogens is 204 g/mol. The molecule has 0 N–H and O–H groups in total. The molecular formula is C12H20N2O2. The molecule has 0 bridgehead atoms. The van der Waals surface area contributed by atoms with E-state index in [0.717, 1.165) is 17.0 Å². The first-order chi connectivity index (χ1) is 7.52. The molecule has 0 aliphatic heterocycles. The molecule has 0 spiro atoms. The van der Waals surface area contributed by atoms with Crippen molar-refractivity contribution in [3.63, 3.8) is 0 Å². The van der Waals surface area contributed by atoms with E-state index in [0.29, 0.717) is 13.0 Å². The summed E-state index contributed by atoms with van der Waals surface area (Å²) in [5, 5.41) is 4.40. The van der Waals surface area contributed by atoms with Gasteiger partial charge >= 0.3 is 5.97 Å². The largest absolute Gasteiger partial charge is 0.464 e. The van der Waals surface area contributed by atoms with Crippen LogP contribution in [0.1, 0.15) is 43.3 Å². The van der Waals surface area contributed by atoms with Gasteiger partial charge in [-0.2, -0.15) is 5.10 Å². The van der Waals surface area contributed by atoms with E-state index in [2.05, 4.69) is 5.10 Å². The molecule has 16 heavy (non-hydrogen) atoms. The van der Waals surface area contributed by atoms with E-state index in [1.165, 1.54) is 0 Å². The molecule has 0 aromatic carbocycles. The maximum Gasteiger partial charge on any atom is 0.330 e. The Hall–Kier alpha value is -1.32. The molecule has 1 atom stereocenters. The lowest BCUT2D eigenvalue weighted by Crippen LogP contribution is -2.23. The number of carbonyl (C=O) groups is 1. The SMILES string of the molecule is CCOC(=O)C(CC)n1nc(C)c(C)c1C. The molecule has 0 saturated carbocycles. The Morgan fingerprint density at radius 2 is 2.00 bits per heavy atom. The first-order valence-electron chi connectivity index (χ1n) is 5.71. The van der Waals surface area contributed by atoms with Crippen molar-refractivity contribution in [2.45, 2.75) is 47.1 Å². The zero-order valence-electron chi connectivity index (χ0n) is 10.7. The number of carbonyl (C=O) groups excluding carboxylic acids is 1. The summed E-state index contributed by atoms with van der Waals surface area (Å²) in [6.07, 6.45) is 0.695. The van der Waals surface area contributed by atoms with Crippen LogP contribution in [0.2, 0.25) is 0 Å². The molecule has 0 aliphatic carbocycles. The molecule has 0 fully saturated rings. The van der Waals surface area contributed by atoms with Crippen molar-refractivity contribution in [3.05, 3.63) is 17.0 Å². The summed E-state index contributed by atoms with van der Waals surface area (Å²) in [7, 11) is 0. The van der Waals surface area contributed by atoms with Gasteiger partial charge in [0.15, 0.2) is 0 Å². The van der Waals surface area contributed by atoms with Crippen LogP contribution in [-0.2, 0) is 9.53 Å². The van der Waals surface area contributed by atoms with Crippen molar-refractivity contribution < 1.29 is 9.53 Å². The Kier molecular flexibility index (Phi) is 4.10. The highest BCUT2D eigenvalue weighted by atomic mass is 16.5. The predicted molar refractivity (Wildman–Crippen MR) is 62.4 cm³/mol. The van der Waals surface area contributed by atoms with E-state index in [1.807, 2.05) is 34.6 Å². The number of aryl methyl sites for hydroxylation is 1. The minimum atomic E-state index is -0.299. The molecule has 90 valence electrons. The zero-order chi connectivity index (χ0) is 12.3. The summed E-state index contributed by atoms with van der Waals surface area (Å²) in [6, 6.07) is -0.299. The number of rotatable bonds is 4. The Bertz CT molecular complexity index is 383. The van der Waals surface area contributed by atoms with Crippen molar-refractivity contribution in [1.82, 2.24) is 9.78 Å². The number of nitrogens with zero attached hydrogens (tertiary/aromatic N) is 2. The molecule has 0 radical (unpaired) electrons. The van der Waals surface area contributed by atoms with Crippen LogP contribution in [-0.4, -0.2) is 22.4 Å². The van der Waals surface area contributed by atoms with Crippen LogP contribution in [0.4, 0.5) is 0 Å². The number of ether oxygens (including phenoxy) is 1. The van der Waals surface area contributed by atoms with Crippen LogP contribution in [0.25, 0.3) is 0 Å². The molecule has 4 nitrogen and oxygen atoms in total. The van der Waals surface area contributed by atoms with Crippen LogP contribution in [0.5, 0.6) is 0 Å². The van der Waals surface area contributed by atoms with Crippen molar-refractivity contribution >= 4 is 5.97 Å². The summed E-state index contributed by atoms with van der Waals surface area (Å²) in [5.74, 6) is -0.199. The van der Waals surface area contributed by atoms with E-state index >= 15 is 0 Å². The quantitative estimate of drug-likeness (QED) is 0.737. The van der Waals surface area contributed by atoms with Crippen LogP contribution >= 0.6 is 0 Å². The van der Waals surface area contributed by atoms with Crippen LogP contribution in [0.15, 0.2) is 0 Å². The third kappa shape index (κ3) is 2.26.